The Hall–Kier alpha value is -0.370. The first-order chi connectivity index (χ1) is 11.3. The lowest BCUT2D eigenvalue weighted by atomic mass is 10.2. The van der Waals surface area contributed by atoms with Crippen LogP contribution in [0.15, 0.2) is 11.0 Å². The Morgan fingerprint density at radius 3 is 2.79 bits per heavy atom. The van der Waals surface area contributed by atoms with E-state index in [1.54, 1.807) is 19.9 Å². The van der Waals surface area contributed by atoms with Gasteiger partial charge in [0.25, 0.3) is 0 Å². The molecule has 24 heavy (non-hydrogen) atoms. The molecule has 0 bridgehead atoms. The van der Waals surface area contributed by atoms with Crippen LogP contribution in [0.3, 0.4) is 0 Å². The van der Waals surface area contributed by atoms with E-state index in [1.807, 2.05) is 0 Å². The summed E-state index contributed by atoms with van der Waals surface area (Å²) in [6.45, 7) is 5.48. The highest BCUT2D eigenvalue weighted by atomic mass is 35.5. The third kappa shape index (κ3) is 5.07. The number of aryl methyl sites for hydroxylation is 1. The highest BCUT2D eigenvalue weighted by Gasteiger charge is 2.23. The molecular weight excluding hydrogens is 373 g/mol. The van der Waals surface area contributed by atoms with Crippen molar-refractivity contribution in [1.82, 2.24) is 4.72 Å². The minimum atomic E-state index is -3.72. The molecule has 0 radical (unpaired) electrons. The number of sulfonamides is 1. The fourth-order valence-electron chi connectivity index (χ4n) is 2.58. The molecule has 0 aromatic heterocycles. The molecule has 0 aliphatic carbocycles. The Bertz CT molecular complexity index is 647. The van der Waals surface area contributed by atoms with Gasteiger partial charge in [0.1, 0.15) is 4.90 Å². The number of benzene rings is 1. The van der Waals surface area contributed by atoms with Gasteiger partial charge in [-0.05, 0) is 50.3 Å². The lowest BCUT2D eigenvalue weighted by Crippen LogP contribution is -2.27. The van der Waals surface area contributed by atoms with Crippen molar-refractivity contribution < 1.29 is 17.9 Å². The Kier molecular flexibility index (Phi) is 7.34. The fourth-order valence-corrected chi connectivity index (χ4v) is 4.86. The van der Waals surface area contributed by atoms with Gasteiger partial charge in [-0.25, -0.2) is 13.1 Å². The van der Waals surface area contributed by atoms with Gasteiger partial charge in [0.05, 0.1) is 17.7 Å². The molecule has 1 aromatic carbocycles. The summed E-state index contributed by atoms with van der Waals surface area (Å²) in [5.41, 5.74) is 1.09. The zero-order chi connectivity index (χ0) is 17.7. The maximum Gasteiger partial charge on any atom is 0.242 e. The van der Waals surface area contributed by atoms with E-state index in [1.165, 1.54) is 0 Å². The molecule has 0 saturated carbocycles. The molecule has 0 amide bonds. The van der Waals surface area contributed by atoms with E-state index in [0.29, 0.717) is 35.8 Å². The third-order valence-electron chi connectivity index (χ3n) is 3.94. The lowest BCUT2D eigenvalue weighted by molar-refractivity contribution is 0.0169. The Labute approximate surface area is 153 Å². The summed E-state index contributed by atoms with van der Waals surface area (Å²) in [5, 5.41) is 0.594. The highest BCUT2D eigenvalue weighted by Crippen LogP contribution is 2.33. The van der Waals surface area contributed by atoms with Crippen LogP contribution >= 0.6 is 23.2 Å². The summed E-state index contributed by atoms with van der Waals surface area (Å²) in [4.78, 5) is 0.0504. The van der Waals surface area contributed by atoms with E-state index in [4.69, 9.17) is 32.7 Å². The molecule has 1 aliphatic rings. The number of rotatable bonds is 8. The SMILES string of the molecule is Cc1cc(Cl)c(C)c(S(=O)(=O)NCCCOC[C@H]2CCCO2)c1Cl. The predicted molar refractivity (Wildman–Crippen MR) is 95.5 cm³/mol. The molecular formula is C16H23Cl2NO4S. The standard InChI is InChI=1S/C16H23Cl2NO4S/c1-11-9-14(17)12(2)16(15(11)18)24(20,21)19-6-4-7-22-10-13-5-3-8-23-13/h9,13,19H,3-8,10H2,1-2H3/t13-/m1/s1. The van der Waals surface area contributed by atoms with Crippen LogP contribution in [0.5, 0.6) is 0 Å². The molecule has 1 aromatic rings. The first-order valence-corrected chi connectivity index (χ1v) is 10.2. The van der Waals surface area contributed by atoms with Crippen LogP contribution in [-0.4, -0.2) is 40.9 Å². The van der Waals surface area contributed by atoms with Gasteiger partial charge in [-0.15, -0.1) is 0 Å². The van der Waals surface area contributed by atoms with Crippen LogP contribution in [0.2, 0.25) is 10.0 Å². The number of hydrogen-bond donors (Lipinski definition) is 1. The lowest BCUT2D eigenvalue weighted by Gasteiger charge is -2.14. The minimum Gasteiger partial charge on any atom is -0.379 e. The second kappa shape index (κ2) is 8.83. The van der Waals surface area contributed by atoms with Crippen LogP contribution in [-0.2, 0) is 19.5 Å². The topological polar surface area (TPSA) is 64.6 Å². The number of ether oxygens (including phenoxy) is 2. The van der Waals surface area contributed by atoms with Crippen molar-refractivity contribution in [2.45, 2.75) is 44.1 Å². The van der Waals surface area contributed by atoms with Crippen LogP contribution in [0.25, 0.3) is 0 Å². The molecule has 1 saturated heterocycles. The van der Waals surface area contributed by atoms with Gasteiger partial charge >= 0.3 is 0 Å². The minimum absolute atomic E-state index is 0.0504. The number of halogens is 2. The van der Waals surface area contributed by atoms with Gasteiger partial charge in [0, 0.05) is 24.8 Å². The van der Waals surface area contributed by atoms with Gasteiger partial charge in [-0.3, -0.25) is 0 Å². The molecule has 8 heteroatoms. The van der Waals surface area contributed by atoms with Crippen LogP contribution < -0.4 is 4.72 Å². The zero-order valence-electron chi connectivity index (χ0n) is 13.9. The van der Waals surface area contributed by atoms with Gasteiger partial charge in [0.15, 0.2) is 0 Å². The smallest absolute Gasteiger partial charge is 0.242 e. The maximum atomic E-state index is 12.5. The van der Waals surface area contributed by atoms with Gasteiger partial charge in [0.2, 0.25) is 10.0 Å². The van der Waals surface area contributed by atoms with Crippen molar-refractivity contribution in [2.24, 2.45) is 0 Å². The van der Waals surface area contributed by atoms with E-state index in [2.05, 4.69) is 4.72 Å². The fraction of sp³-hybridized carbons (Fsp3) is 0.625. The van der Waals surface area contributed by atoms with E-state index < -0.39 is 10.0 Å². The first-order valence-electron chi connectivity index (χ1n) is 7.97. The number of hydrogen-bond acceptors (Lipinski definition) is 4. The molecule has 0 unspecified atom stereocenters. The monoisotopic (exact) mass is 395 g/mol. The molecule has 1 fully saturated rings. The molecule has 1 heterocycles. The van der Waals surface area contributed by atoms with Crippen LogP contribution in [0.4, 0.5) is 0 Å². The summed E-state index contributed by atoms with van der Waals surface area (Å²) in [5.74, 6) is 0. The predicted octanol–water partition coefficient (Wildman–Crippen LogP) is 3.47. The average molecular weight is 396 g/mol. The third-order valence-corrected chi connectivity index (χ3v) is 6.57. The Morgan fingerprint density at radius 1 is 1.38 bits per heavy atom. The van der Waals surface area contributed by atoms with Gasteiger partial charge in [-0.2, -0.15) is 0 Å². The summed E-state index contributed by atoms with van der Waals surface area (Å²) >= 11 is 12.3. The van der Waals surface area contributed by atoms with Crippen molar-refractivity contribution >= 4 is 33.2 Å². The van der Waals surface area contributed by atoms with E-state index in [9.17, 15) is 8.42 Å². The molecule has 5 nitrogen and oxygen atoms in total. The molecule has 1 atom stereocenters. The van der Waals surface area contributed by atoms with Gasteiger partial charge < -0.3 is 9.47 Å². The van der Waals surface area contributed by atoms with E-state index in [-0.39, 0.29) is 22.6 Å². The average Bonchev–Trinajstić information content (AvgIpc) is 3.02. The Balaban J connectivity index is 1.85. The van der Waals surface area contributed by atoms with Crippen LogP contribution in [0.1, 0.15) is 30.4 Å². The first kappa shape index (κ1) is 19.9. The molecule has 2 rings (SSSR count). The van der Waals surface area contributed by atoms with Gasteiger partial charge in [-0.1, -0.05) is 23.2 Å². The van der Waals surface area contributed by atoms with Crippen molar-refractivity contribution in [1.29, 1.82) is 0 Å². The number of nitrogens with one attached hydrogen (secondary N) is 1. The van der Waals surface area contributed by atoms with Crippen molar-refractivity contribution in [2.75, 3.05) is 26.4 Å². The molecule has 136 valence electrons. The second-order valence-electron chi connectivity index (χ2n) is 5.90. The normalized spacial score (nSPS) is 18.2. The van der Waals surface area contributed by atoms with Crippen molar-refractivity contribution in [3.63, 3.8) is 0 Å². The summed E-state index contributed by atoms with van der Waals surface area (Å²) in [6.07, 6.45) is 2.85. The van der Waals surface area contributed by atoms with E-state index >= 15 is 0 Å². The Morgan fingerprint density at radius 2 is 2.12 bits per heavy atom. The summed E-state index contributed by atoms with van der Waals surface area (Å²) < 4.78 is 38.5. The van der Waals surface area contributed by atoms with Crippen LogP contribution in [0, 0.1) is 13.8 Å². The second-order valence-corrected chi connectivity index (χ2v) is 8.39. The zero-order valence-corrected chi connectivity index (χ0v) is 16.2. The van der Waals surface area contributed by atoms with Crippen molar-refractivity contribution in [3.8, 4) is 0 Å². The maximum absolute atomic E-state index is 12.5. The van der Waals surface area contributed by atoms with Crippen molar-refractivity contribution in [3.05, 3.63) is 27.2 Å². The quantitative estimate of drug-likeness (QED) is 0.684. The summed E-state index contributed by atoms with van der Waals surface area (Å²) in [6, 6.07) is 1.66. The summed E-state index contributed by atoms with van der Waals surface area (Å²) in [7, 11) is -3.72. The van der Waals surface area contributed by atoms with E-state index in [0.717, 1.165) is 19.4 Å². The molecule has 1 aliphatic heterocycles. The molecule has 0 spiro atoms. The highest BCUT2D eigenvalue weighted by molar-refractivity contribution is 7.89. The largest absolute Gasteiger partial charge is 0.379 e. The molecule has 1 N–H and O–H groups in total.